The standard InChI is InChI=1S/C19H16Br2N4O4/c1-3-10(2)18-23-15-5-4-12(20)8-13(15)19(27)24(18)22-9-11-6-14(21)17(26)16(7-11)25(28)29/h4-10,26H,3H2,1-2H3/t10-/m1/s1. The molecule has 3 rings (SSSR count). The van der Waals surface area contributed by atoms with Gasteiger partial charge in [0.15, 0.2) is 0 Å². The highest BCUT2D eigenvalue weighted by Crippen LogP contribution is 2.34. The summed E-state index contributed by atoms with van der Waals surface area (Å²) in [5, 5.41) is 25.6. The van der Waals surface area contributed by atoms with Gasteiger partial charge in [-0.25, -0.2) is 4.98 Å². The molecule has 0 saturated heterocycles. The Bertz CT molecular complexity index is 1210. The van der Waals surface area contributed by atoms with Gasteiger partial charge in [-0.3, -0.25) is 14.9 Å². The zero-order valence-electron chi connectivity index (χ0n) is 15.5. The van der Waals surface area contributed by atoms with E-state index in [0.29, 0.717) is 22.3 Å². The van der Waals surface area contributed by atoms with E-state index in [2.05, 4.69) is 41.9 Å². The first-order chi connectivity index (χ1) is 13.7. The number of halogens is 2. The molecule has 29 heavy (non-hydrogen) atoms. The van der Waals surface area contributed by atoms with Crippen LogP contribution >= 0.6 is 31.9 Å². The lowest BCUT2D eigenvalue weighted by atomic mass is 10.1. The fourth-order valence-corrected chi connectivity index (χ4v) is 3.55. The summed E-state index contributed by atoms with van der Waals surface area (Å²) < 4.78 is 2.12. The number of nitro groups is 1. The number of hydrogen-bond donors (Lipinski definition) is 1. The third-order valence-corrected chi connectivity index (χ3v) is 5.57. The Balaban J connectivity index is 2.20. The molecule has 1 N–H and O–H groups in total. The van der Waals surface area contributed by atoms with Gasteiger partial charge in [0.25, 0.3) is 5.56 Å². The fourth-order valence-electron chi connectivity index (χ4n) is 2.72. The Labute approximate surface area is 182 Å². The van der Waals surface area contributed by atoms with Gasteiger partial charge >= 0.3 is 5.69 Å². The van der Waals surface area contributed by atoms with E-state index in [1.165, 1.54) is 23.0 Å². The predicted molar refractivity (Wildman–Crippen MR) is 118 cm³/mol. The minimum atomic E-state index is -0.691. The quantitative estimate of drug-likeness (QED) is 0.289. The van der Waals surface area contributed by atoms with Crippen LogP contribution in [0.1, 0.15) is 37.6 Å². The molecule has 3 aromatic rings. The number of nitro benzene ring substituents is 1. The summed E-state index contributed by atoms with van der Waals surface area (Å²) in [5.41, 5.74) is 0.117. The zero-order valence-corrected chi connectivity index (χ0v) is 18.6. The summed E-state index contributed by atoms with van der Waals surface area (Å²) in [6, 6.07) is 7.92. The summed E-state index contributed by atoms with van der Waals surface area (Å²) in [6.45, 7) is 3.93. The smallest absolute Gasteiger partial charge is 0.312 e. The maximum atomic E-state index is 13.1. The van der Waals surface area contributed by atoms with Gasteiger partial charge in [-0.1, -0.05) is 29.8 Å². The lowest BCUT2D eigenvalue weighted by Crippen LogP contribution is -2.23. The molecule has 1 heterocycles. The molecule has 0 bridgehead atoms. The number of rotatable bonds is 5. The predicted octanol–water partition coefficient (Wildman–Crippen LogP) is 4.93. The molecule has 0 unspecified atom stereocenters. The van der Waals surface area contributed by atoms with E-state index in [9.17, 15) is 20.0 Å². The minimum Gasteiger partial charge on any atom is -0.501 e. The third kappa shape index (κ3) is 4.23. The first-order valence-corrected chi connectivity index (χ1v) is 10.2. The topological polar surface area (TPSA) is 111 Å². The second kappa shape index (κ2) is 8.42. The largest absolute Gasteiger partial charge is 0.501 e. The van der Waals surface area contributed by atoms with Crippen LogP contribution in [0.4, 0.5) is 5.69 Å². The van der Waals surface area contributed by atoms with Crippen LogP contribution in [0.5, 0.6) is 5.75 Å². The summed E-state index contributed by atoms with van der Waals surface area (Å²) in [7, 11) is 0. The highest BCUT2D eigenvalue weighted by Gasteiger charge is 2.18. The van der Waals surface area contributed by atoms with Crippen molar-refractivity contribution in [1.29, 1.82) is 0 Å². The van der Waals surface area contributed by atoms with Crippen molar-refractivity contribution in [2.75, 3.05) is 0 Å². The maximum absolute atomic E-state index is 13.1. The highest BCUT2D eigenvalue weighted by atomic mass is 79.9. The van der Waals surface area contributed by atoms with Gasteiger partial charge in [-0.05, 0) is 46.6 Å². The Morgan fingerprint density at radius 1 is 1.34 bits per heavy atom. The van der Waals surface area contributed by atoms with Gasteiger partial charge in [-0.15, -0.1) is 0 Å². The molecule has 2 aromatic carbocycles. The maximum Gasteiger partial charge on any atom is 0.312 e. The van der Waals surface area contributed by atoms with E-state index in [1.54, 1.807) is 12.1 Å². The second-order valence-corrected chi connectivity index (χ2v) is 8.20. The van der Waals surface area contributed by atoms with Gasteiger partial charge in [-0.2, -0.15) is 9.78 Å². The summed E-state index contributed by atoms with van der Waals surface area (Å²) >= 11 is 6.45. The lowest BCUT2D eigenvalue weighted by Gasteiger charge is -2.14. The molecule has 0 radical (unpaired) electrons. The number of aromatic nitrogens is 2. The molecule has 1 atom stereocenters. The van der Waals surface area contributed by atoms with Crippen molar-refractivity contribution in [3.63, 3.8) is 0 Å². The molecule has 0 amide bonds. The number of benzene rings is 2. The molecule has 8 nitrogen and oxygen atoms in total. The van der Waals surface area contributed by atoms with E-state index < -0.39 is 16.4 Å². The Hall–Kier alpha value is -2.59. The van der Waals surface area contributed by atoms with E-state index in [4.69, 9.17) is 0 Å². The summed E-state index contributed by atoms with van der Waals surface area (Å²) in [5.74, 6) is -0.00784. The van der Waals surface area contributed by atoms with Crippen molar-refractivity contribution in [3.05, 3.63) is 71.1 Å². The van der Waals surface area contributed by atoms with Crippen LogP contribution in [-0.4, -0.2) is 25.9 Å². The van der Waals surface area contributed by atoms with Crippen molar-refractivity contribution in [3.8, 4) is 5.75 Å². The minimum absolute atomic E-state index is 0.0335. The molecule has 1 aromatic heterocycles. The molecule has 0 aliphatic heterocycles. The average molecular weight is 524 g/mol. The molecule has 10 heteroatoms. The van der Waals surface area contributed by atoms with Crippen molar-refractivity contribution >= 4 is 54.7 Å². The van der Waals surface area contributed by atoms with Crippen LogP contribution in [-0.2, 0) is 0 Å². The average Bonchev–Trinajstić information content (AvgIpc) is 2.69. The Kier molecular flexibility index (Phi) is 6.13. The van der Waals surface area contributed by atoms with Crippen molar-refractivity contribution in [2.45, 2.75) is 26.2 Å². The second-order valence-electron chi connectivity index (χ2n) is 6.43. The van der Waals surface area contributed by atoms with Crippen LogP contribution in [0, 0.1) is 10.1 Å². The number of nitrogens with zero attached hydrogens (tertiary/aromatic N) is 4. The normalized spacial score (nSPS) is 12.6. The van der Waals surface area contributed by atoms with Crippen molar-refractivity contribution in [2.24, 2.45) is 5.10 Å². The van der Waals surface area contributed by atoms with E-state index in [1.807, 2.05) is 19.9 Å². The molecular formula is C19H16Br2N4O4. The number of fused-ring (bicyclic) bond motifs is 1. The van der Waals surface area contributed by atoms with Gasteiger partial charge < -0.3 is 5.11 Å². The lowest BCUT2D eigenvalue weighted by molar-refractivity contribution is -0.386. The van der Waals surface area contributed by atoms with Gasteiger partial charge in [0.05, 0.1) is 26.5 Å². The van der Waals surface area contributed by atoms with Crippen LogP contribution < -0.4 is 5.56 Å². The van der Waals surface area contributed by atoms with E-state index in [-0.39, 0.29) is 15.9 Å². The first-order valence-electron chi connectivity index (χ1n) is 8.66. The Morgan fingerprint density at radius 2 is 2.07 bits per heavy atom. The molecule has 150 valence electrons. The van der Waals surface area contributed by atoms with E-state index in [0.717, 1.165) is 10.9 Å². The molecule has 0 aliphatic carbocycles. The van der Waals surface area contributed by atoms with Gasteiger partial charge in [0.1, 0.15) is 5.82 Å². The number of aromatic hydroxyl groups is 1. The van der Waals surface area contributed by atoms with Crippen molar-refractivity contribution in [1.82, 2.24) is 9.66 Å². The van der Waals surface area contributed by atoms with Gasteiger partial charge in [0.2, 0.25) is 5.75 Å². The van der Waals surface area contributed by atoms with Crippen LogP contribution in [0.25, 0.3) is 10.9 Å². The summed E-state index contributed by atoms with van der Waals surface area (Å²) in [4.78, 5) is 28.1. The third-order valence-electron chi connectivity index (χ3n) is 4.47. The van der Waals surface area contributed by atoms with Crippen LogP contribution in [0.2, 0.25) is 0 Å². The molecule has 0 fully saturated rings. The summed E-state index contributed by atoms with van der Waals surface area (Å²) in [6.07, 6.45) is 2.08. The Morgan fingerprint density at radius 3 is 2.72 bits per heavy atom. The number of hydrogen-bond acceptors (Lipinski definition) is 6. The van der Waals surface area contributed by atoms with Crippen molar-refractivity contribution < 1.29 is 10.0 Å². The van der Waals surface area contributed by atoms with Crippen LogP contribution in [0.3, 0.4) is 0 Å². The molecule has 0 aliphatic rings. The highest BCUT2D eigenvalue weighted by molar-refractivity contribution is 9.10. The number of phenolic OH excluding ortho intramolecular Hbond substituents is 1. The van der Waals surface area contributed by atoms with Gasteiger partial charge in [0, 0.05) is 22.0 Å². The zero-order chi connectivity index (χ0) is 21.3. The molecule has 0 spiro atoms. The van der Waals surface area contributed by atoms with E-state index >= 15 is 0 Å². The SMILES string of the molecule is CC[C@@H](C)c1nc2ccc(Br)cc2c(=O)n1N=Cc1cc(Br)c(O)c([N+](=O)[O-])c1. The van der Waals surface area contributed by atoms with Crippen LogP contribution in [0.15, 0.2) is 49.2 Å². The molecule has 0 saturated carbocycles. The monoisotopic (exact) mass is 522 g/mol. The first kappa shape index (κ1) is 21.1. The number of phenols is 1. The molecular weight excluding hydrogens is 508 g/mol. The fraction of sp³-hybridized carbons (Fsp3) is 0.211.